The van der Waals surface area contributed by atoms with Crippen LogP contribution >= 0.6 is 11.8 Å². The van der Waals surface area contributed by atoms with Crippen LogP contribution < -0.4 is 4.74 Å². The van der Waals surface area contributed by atoms with Crippen molar-refractivity contribution in [3.63, 3.8) is 0 Å². The van der Waals surface area contributed by atoms with E-state index in [1.165, 1.54) is 7.11 Å². The lowest BCUT2D eigenvalue weighted by molar-refractivity contribution is -0.140. The molecule has 1 heterocycles. The van der Waals surface area contributed by atoms with Crippen LogP contribution in [0.25, 0.3) is 0 Å². The van der Waals surface area contributed by atoms with Crippen molar-refractivity contribution in [1.82, 2.24) is 0 Å². The standard InChI is InChI=1S/C11H10O3S/c1-13-11(12)6-8-7-15-10-5-3-2-4-9(10)14-8/h2-5,7H,6H2,1H3. The third-order valence-corrected chi connectivity index (χ3v) is 2.93. The number of fused-ring (bicyclic) bond motifs is 1. The molecule has 1 aromatic carbocycles. The molecule has 2 rings (SSSR count). The summed E-state index contributed by atoms with van der Waals surface area (Å²) in [5.74, 6) is 1.13. The van der Waals surface area contributed by atoms with Gasteiger partial charge in [0, 0.05) is 5.41 Å². The van der Waals surface area contributed by atoms with Crippen LogP contribution in [0.3, 0.4) is 0 Å². The van der Waals surface area contributed by atoms with Crippen molar-refractivity contribution in [1.29, 1.82) is 0 Å². The molecule has 0 radical (unpaired) electrons. The fourth-order valence-electron chi connectivity index (χ4n) is 1.22. The number of thioether (sulfide) groups is 1. The summed E-state index contributed by atoms with van der Waals surface area (Å²) < 4.78 is 10.1. The highest BCUT2D eigenvalue weighted by Gasteiger charge is 2.15. The van der Waals surface area contributed by atoms with Gasteiger partial charge in [0.1, 0.15) is 17.9 Å². The zero-order chi connectivity index (χ0) is 10.7. The monoisotopic (exact) mass is 222 g/mol. The summed E-state index contributed by atoms with van der Waals surface area (Å²) in [6.07, 6.45) is 0.178. The third-order valence-electron chi connectivity index (χ3n) is 1.95. The van der Waals surface area contributed by atoms with Crippen molar-refractivity contribution in [2.24, 2.45) is 0 Å². The molecular formula is C11H10O3S. The van der Waals surface area contributed by atoms with E-state index in [4.69, 9.17) is 4.74 Å². The number of rotatable bonds is 2. The summed E-state index contributed by atoms with van der Waals surface area (Å²) in [5.41, 5.74) is 0. The highest BCUT2D eigenvalue weighted by Crippen LogP contribution is 2.36. The Bertz CT molecular complexity index is 412. The summed E-state index contributed by atoms with van der Waals surface area (Å²) in [4.78, 5) is 12.1. The largest absolute Gasteiger partial charge is 0.469 e. The Kier molecular flexibility index (Phi) is 2.97. The van der Waals surface area contributed by atoms with Gasteiger partial charge < -0.3 is 9.47 Å². The van der Waals surface area contributed by atoms with Crippen LogP contribution in [0.15, 0.2) is 40.3 Å². The molecule has 0 N–H and O–H groups in total. The van der Waals surface area contributed by atoms with Crippen molar-refractivity contribution < 1.29 is 14.3 Å². The lowest BCUT2D eigenvalue weighted by atomic mass is 10.3. The van der Waals surface area contributed by atoms with E-state index in [1.807, 2.05) is 29.7 Å². The first-order valence-corrected chi connectivity index (χ1v) is 5.37. The summed E-state index contributed by atoms with van der Waals surface area (Å²) >= 11 is 1.55. The van der Waals surface area contributed by atoms with E-state index in [2.05, 4.69) is 4.74 Å². The average Bonchev–Trinajstić information content (AvgIpc) is 2.29. The van der Waals surface area contributed by atoms with Gasteiger partial charge in [-0.1, -0.05) is 23.9 Å². The number of methoxy groups -OCH3 is 1. The molecular weight excluding hydrogens is 212 g/mol. The molecule has 0 saturated carbocycles. The van der Waals surface area contributed by atoms with Gasteiger partial charge in [0.05, 0.1) is 12.0 Å². The Morgan fingerprint density at radius 1 is 1.47 bits per heavy atom. The molecule has 0 aliphatic carbocycles. The van der Waals surface area contributed by atoms with Crippen LogP contribution in [0.4, 0.5) is 0 Å². The predicted molar refractivity (Wildman–Crippen MR) is 57.6 cm³/mol. The van der Waals surface area contributed by atoms with E-state index in [0.29, 0.717) is 5.76 Å². The molecule has 0 unspecified atom stereocenters. The Hall–Kier alpha value is -1.42. The van der Waals surface area contributed by atoms with Crippen LogP contribution in [-0.2, 0) is 9.53 Å². The fraction of sp³-hybridized carbons (Fsp3) is 0.182. The lowest BCUT2D eigenvalue weighted by Crippen LogP contribution is -2.07. The molecule has 4 heteroatoms. The first-order valence-electron chi connectivity index (χ1n) is 4.49. The van der Waals surface area contributed by atoms with E-state index in [9.17, 15) is 4.79 Å². The zero-order valence-electron chi connectivity index (χ0n) is 8.23. The topological polar surface area (TPSA) is 35.5 Å². The Morgan fingerprint density at radius 2 is 2.27 bits per heavy atom. The summed E-state index contributed by atoms with van der Waals surface area (Å²) in [7, 11) is 1.37. The molecule has 0 aromatic heterocycles. The highest BCUT2D eigenvalue weighted by atomic mass is 32.2. The van der Waals surface area contributed by atoms with Crippen LogP contribution in [0.1, 0.15) is 6.42 Å². The number of carbonyl (C=O) groups excluding carboxylic acids is 1. The molecule has 0 bridgehead atoms. The van der Waals surface area contributed by atoms with Crippen molar-refractivity contribution in [2.45, 2.75) is 11.3 Å². The Balaban J connectivity index is 2.09. The van der Waals surface area contributed by atoms with Gasteiger partial charge in [0.25, 0.3) is 0 Å². The molecule has 1 aromatic rings. The number of carbonyl (C=O) groups is 1. The molecule has 0 spiro atoms. The molecule has 0 fully saturated rings. The minimum Gasteiger partial charge on any atom is -0.469 e. The number of ether oxygens (including phenoxy) is 2. The second-order valence-electron chi connectivity index (χ2n) is 3.00. The van der Waals surface area contributed by atoms with Gasteiger partial charge >= 0.3 is 5.97 Å². The van der Waals surface area contributed by atoms with Crippen molar-refractivity contribution >= 4 is 17.7 Å². The van der Waals surface area contributed by atoms with Gasteiger partial charge in [0.2, 0.25) is 0 Å². The van der Waals surface area contributed by atoms with E-state index in [-0.39, 0.29) is 12.4 Å². The van der Waals surface area contributed by atoms with Crippen LogP contribution in [-0.4, -0.2) is 13.1 Å². The van der Waals surface area contributed by atoms with Gasteiger partial charge in [-0.15, -0.1) is 0 Å². The van der Waals surface area contributed by atoms with Gasteiger partial charge in [-0.05, 0) is 12.1 Å². The predicted octanol–water partition coefficient (Wildman–Crippen LogP) is 2.58. The lowest BCUT2D eigenvalue weighted by Gasteiger charge is -2.16. The van der Waals surface area contributed by atoms with Crippen molar-refractivity contribution in [2.75, 3.05) is 7.11 Å². The highest BCUT2D eigenvalue weighted by molar-refractivity contribution is 8.02. The van der Waals surface area contributed by atoms with Gasteiger partial charge in [-0.25, -0.2) is 0 Å². The molecule has 0 amide bonds. The maximum Gasteiger partial charge on any atom is 0.313 e. The van der Waals surface area contributed by atoms with Crippen LogP contribution in [0.2, 0.25) is 0 Å². The molecule has 1 aliphatic rings. The normalized spacial score (nSPS) is 13.5. The SMILES string of the molecule is COC(=O)CC1=CSc2ccccc2O1. The molecule has 3 nitrogen and oxygen atoms in total. The zero-order valence-corrected chi connectivity index (χ0v) is 9.04. The first-order chi connectivity index (χ1) is 7.29. The van der Waals surface area contributed by atoms with Crippen LogP contribution in [0, 0.1) is 0 Å². The summed E-state index contributed by atoms with van der Waals surface area (Å²) in [6, 6.07) is 7.72. The second kappa shape index (κ2) is 4.40. The van der Waals surface area contributed by atoms with Crippen molar-refractivity contribution in [3.8, 4) is 5.75 Å². The number of benzene rings is 1. The molecule has 15 heavy (non-hydrogen) atoms. The Morgan fingerprint density at radius 3 is 3.07 bits per heavy atom. The first kappa shape index (κ1) is 10.1. The number of hydrogen-bond donors (Lipinski definition) is 0. The van der Waals surface area contributed by atoms with E-state index in [0.717, 1.165) is 10.6 Å². The van der Waals surface area contributed by atoms with Gasteiger partial charge in [-0.3, -0.25) is 4.79 Å². The molecule has 1 aliphatic heterocycles. The summed E-state index contributed by atoms with van der Waals surface area (Å²) in [6.45, 7) is 0. The summed E-state index contributed by atoms with van der Waals surface area (Å²) in [5, 5.41) is 1.83. The molecule has 0 saturated heterocycles. The minimum absolute atomic E-state index is 0.178. The van der Waals surface area contributed by atoms with E-state index >= 15 is 0 Å². The number of esters is 1. The minimum atomic E-state index is -0.291. The third kappa shape index (κ3) is 2.33. The van der Waals surface area contributed by atoms with E-state index in [1.54, 1.807) is 11.8 Å². The molecule has 0 atom stereocenters. The molecule has 78 valence electrons. The number of hydrogen-bond acceptors (Lipinski definition) is 4. The Labute approximate surface area is 92.1 Å². The maximum atomic E-state index is 11.0. The fourth-order valence-corrected chi connectivity index (χ4v) is 1.99. The van der Waals surface area contributed by atoms with Gasteiger partial charge in [-0.2, -0.15) is 0 Å². The van der Waals surface area contributed by atoms with Crippen LogP contribution in [0.5, 0.6) is 5.75 Å². The van der Waals surface area contributed by atoms with Crippen molar-refractivity contribution in [3.05, 3.63) is 35.4 Å². The average molecular weight is 222 g/mol. The van der Waals surface area contributed by atoms with Gasteiger partial charge in [0.15, 0.2) is 0 Å². The number of para-hydroxylation sites is 1. The second-order valence-corrected chi connectivity index (χ2v) is 3.91. The smallest absolute Gasteiger partial charge is 0.313 e. The quantitative estimate of drug-likeness (QED) is 0.720. The van der Waals surface area contributed by atoms with E-state index < -0.39 is 0 Å². The maximum absolute atomic E-state index is 11.0.